The number of hydrogen-bond acceptors (Lipinski definition) is 7. The van der Waals surface area contributed by atoms with Gasteiger partial charge in [0.05, 0.1) is 6.61 Å². The summed E-state index contributed by atoms with van der Waals surface area (Å²) in [5.74, 6) is 0.0913. The predicted molar refractivity (Wildman–Crippen MR) is 146 cm³/mol. The second-order valence-electron chi connectivity index (χ2n) is 9.19. The van der Waals surface area contributed by atoms with E-state index >= 15 is 0 Å². The van der Waals surface area contributed by atoms with Gasteiger partial charge in [0.2, 0.25) is 5.90 Å². The molecule has 8 nitrogen and oxygen atoms in total. The maximum absolute atomic E-state index is 13.7. The van der Waals surface area contributed by atoms with Crippen molar-refractivity contribution < 1.29 is 37.3 Å². The molecule has 1 aliphatic heterocycles. The summed E-state index contributed by atoms with van der Waals surface area (Å²) >= 11 is 0. The highest BCUT2D eigenvalue weighted by Gasteiger charge is 2.52. The summed E-state index contributed by atoms with van der Waals surface area (Å²) in [6.45, 7) is 4.38. The van der Waals surface area contributed by atoms with E-state index in [1.54, 1.807) is 30.3 Å². The van der Waals surface area contributed by atoms with Gasteiger partial charge < -0.3 is 19.3 Å². The number of benzene rings is 3. The summed E-state index contributed by atoms with van der Waals surface area (Å²) in [5, 5.41) is 8.95. The summed E-state index contributed by atoms with van der Waals surface area (Å²) in [6.07, 6.45) is -3.27. The number of hydrazine groups is 1. The smallest absolute Gasteiger partial charge is 0.494 e. The standard InChI is InChI=1S/C30H30F3N3O5/c1-2-17-29(28(38)36-34-20-21-9-13-25(14-10-21)41-30(31,32)33)26(22-7-4-3-5-8-22)40-27(35-29)23-11-15-24(16-12-23)39-19-6-18-37/h2-5,7-16,26,34,37H,1,6,17-20H2,(H,36,38)/t26-,29-/m0/s1. The lowest BCUT2D eigenvalue weighted by molar-refractivity contribution is -0.274. The van der Waals surface area contributed by atoms with Gasteiger partial charge in [0.15, 0.2) is 11.6 Å². The molecule has 3 aromatic rings. The number of amides is 1. The quantitative estimate of drug-likeness (QED) is 0.152. The number of nitrogens with one attached hydrogen (secondary N) is 2. The Balaban J connectivity index is 1.53. The first-order valence-corrected chi connectivity index (χ1v) is 12.9. The van der Waals surface area contributed by atoms with E-state index in [-0.39, 0.29) is 31.2 Å². The van der Waals surface area contributed by atoms with Crippen LogP contribution in [0.15, 0.2) is 96.5 Å². The van der Waals surface area contributed by atoms with Crippen molar-refractivity contribution in [3.05, 3.63) is 108 Å². The number of hydrogen-bond donors (Lipinski definition) is 3. The number of aliphatic hydroxyl groups excluding tert-OH is 1. The van der Waals surface area contributed by atoms with Crippen molar-refractivity contribution in [3.63, 3.8) is 0 Å². The van der Waals surface area contributed by atoms with Crippen LogP contribution in [0.3, 0.4) is 0 Å². The molecule has 41 heavy (non-hydrogen) atoms. The van der Waals surface area contributed by atoms with Crippen LogP contribution in [0.25, 0.3) is 0 Å². The molecule has 0 radical (unpaired) electrons. The summed E-state index contributed by atoms with van der Waals surface area (Å²) in [6, 6.07) is 21.6. The third-order valence-electron chi connectivity index (χ3n) is 6.24. The number of aliphatic hydroxyl groups is 1. The van der Waals surface area contributed by atoms with Gasteiger partial charge in [0.1, 0.15) is 11.5 Å². The van der Waals surface area contributed by atoms with Crippen LogP contribution in [0, 0.1) is 0 Å². The van der Waals surface area contributed by atoms with Crippen LogP contribution in [-0.4, -0.2) is 42.0 Å². The Kier molecular flexibility index (Phi) is 9.64. The fraction of sp³-hybridized carbons (Fsp3) is 0.267. The number of aliphatic imine (C=N–C) groups is 1. The Morgan fingerprint density at radius 3 is 2.37 bits per heavy atom. The summed E-state index contributed by atoms with van der Waals surface area (Å²) in [5.41, 5.74) is 6.13. The Labute approximate surface area is 235 Å². The lowest BCUT2D eigenvalue weighted by Gasteiger charge is -2.29. The van der Waals surface area contributed by atoms with Crippen molar-refractivity contribution in [1.29, 1.82) is 0 Å². The number of alkyl halides is 3. The lowest BCUT2D eigenvalue weighted by Crippen LogP contribution is -2.52. The zero-order valence-electron chi connectivity index (χ0n) is 22.1. The second kappa shape index (κ2) is 13.3. The molecular weight excluding hydrogens is 539 g/mol. The van der Waals surface area contributed by atoms with Crippen LogP contribution >= 0.6 is 0 Å². The number of carbonyl (C=O) groups is 1. The Morgan fingerprint density at radius 1 is 1.05 bits per heavy atom. The zero-order chi connectivity index (χ0) is 29.3. The van der Waals surface area contributed by atoms with Crippen LogP contribution in [0.5, 0.6) is 11.5 Å². The summed E-state index contributed by atoms with van der Waals surface area (Å²) < 4.78 is 53.1. The van der Waals surface area contributed by atoms with Gasteiger partial charge in [-0.05, 0) is 47.5 Å². The molecule has 11 heteroatoms. The minimum absolute atomic E-state index is 0.0368. The van der Waals surface area contributed by atoms with Crippen molar-refractivity contribution in [1.82, 2.24) is 10.9 Å². The van der Waals surface area contributed by atoms with Crippen LogP contribution in [0.2, 0.25) is 0 Å². The van der Waals surface area contributed by atoms with Crippen molar-refractivity contribution in [2.24, 2.45) is 4.99 Å². The number of nitrogens with zero attached hydrogens (tertiary/aromatic N) is 1. The maximum atomic E-state index is 13.7. The number of halogens is 3. The van der Waals surface area contributed by atoms with E-state index in [2.05, 4.69) is 22.2 Å². The van der Waals surface area contributed by atoms with Crippen molar-refractivity contribution >= 4 is 11.8 Å². The topological polar surface area (TPSA) is 101 Å². The third-order valence-corrected chi connectivity index (χ3v) is 6.24. The number of rotatable bonds is 13. The molecule has 3 aromatic carbocycles. The fourth-order valence-corrected chi connectivity index (χ4v) is 4.31. The summed E-state index contributed by atoms with van der Waals surface area (Å²) in [4.78, 5) is 18.5. The molecule has 2 atom stereocenters. The van der Waals surface area contributed by atoms with Gasteiger partial charge in [-0.1, -0.05) is 48.5 Å². The molecule has 0 unspecified atom stereocenters. The van der Waals surface area contributed by atoms with Crippen LogP contribution in [-0.2, 0) is 16.1 Å². The van der Waals surface area contributed by atoms with Gasteiger partial charge in [0.25, 0.3) is 5.91 Å². The molecular formula is C30H30F3N3O5. The fourth-order valence-electron chi connectivity index (χ4n) is 4.31. The number of ether oxygens (including phenoxy) is 3. The minimum Gasteiger partial charge on any atom is -0.494 e. The monoisotopic (exact) mass is 569 g/mol. The molecule has 0 aliphatic carbocycles. The van der Waals surface area contributed by atoms with Gasteiger partial charge in [-0.3, -0.25) is 10.2 Å². The maximum Gasteiger partial charge on any atom is 0.573 e. The van der Waals surface area contributed by atoms with E-state index in [0.717, 1.165) is 5.56 Å². The molecule has 0 spiro atoms. The average Bonchev–Trinajstić information content (AvgIpc) is 3.35. The van der Waals surface area contributed by atoms with Gasteiger partial charge in [0, 0.05) is 31.6 Å². The second-order valence-corrected chi connectivity index (χ2v) is 9.19. The molecule has 0 saturated heterocycles. The molecule has 4 rings (SSSR count). The van der Waals surface area contributed by atoms with Gasteiger partial charge >= 0.3 is 6.36 Å². The van der Waals surface area contributed by atoms with Crippen LogP contribution in [0.4, 0.5) is 13.2 Å². The van der Waals surface area contributed by atoms with Crippen molar-refractivity contribution in [2.75, 3.05) is 13.2 Å². The largest absolute Gasteiger partial charge is 0.573 e. The number of carbonyl (C=O) groups excluding carboxylic acids is 1. The van der Waals surface area contributed by atoms with Crippen molar-refractivity contribution in [2.45, 2.75) is 37.4 Å². The Morgan fingerprint density at radius 2 is 1.73 bits per heavy atom. The van der Waals surface area contributed by atoms with Crippen molar-refractivity contribution in [3.8, 4) is 11.5 Å². The molecule has 0 aromatic heterocycles. The normalized spacial score (nSPS) is 18.2. The van der Waals surface area contributed by atoms with E-state index < -0.39 is 23.9 Å². The van der Waals surface area contributed by atoms with Gasteiger partial charge in [-0.15, -0.1) is 19.8 Å². The van der Waals surface area contributed by atoms with Crippen LogP contribution in [0.1, 0.15) is 35.6 Å². The Bertz CT molecular complexity index is 1330. The molecule has 1 heterocycles. The minimum atomic E-state index is -4.78. The third kappa shape index (κ3) is 7.65. The SMILES string of the molecule is C=CC[C@]1(C(=O)NNCc2ccc(OC(F)(F)F)cc2)N=C(c2ccc(OCCCO)cc2)O[C@H]1c1ccccc1. The van der Waals surface area contributed by atoms with E-state index in [1.165, 1.54) is 24.3 Å². The Hall–Kier alpha value is -4.35. The molecule has 0 bridgehead atoms. The van der Waals surface area contributed by atoms with E-state index in [0.29, 0.717) is 29.9 Å². The first kappa shape index (κ1) is 29.6. The molecule has 1 amide bonds. The van der Waals surface area contributed by atoms with Gasteiger partial charge in [-0.25, -0.2) is 10.4 Å². The van der Waals surface area contributed by atoms with Crippen LogP contribution < -0.4 is 20.3 Å². The highest BCUT2D eigenvalue weighted by molar-refractivity contribution is 6.01. The average molecular weight is 570 g/mol. The highest BCUT2D eigenvalue weighted by Crippen LogP contribution is 2.42. The molecule has 216 valence electrons. The molecule has 0 fully saturated rings. The van der Waals surface area contributed by atoms with E-state index in [9.17, 15) is 18.0 Å². The predicted octanol–water partition coefficient (Wildman–Crippen LogP) is 5.00. The lowest BCUT2D eigenvalue weighted by atomic mass is 9.84. The van der Waals surface area contributed by atoms with E-state index in [1.807, 2.05) is 30.3 Å². The summed E-state index contributed by atoms with van der Waals surface area (Å²) in [7, 11) is 0. The van der Waals surface area contributed by atoms with Gasteiger partial charge in [-0.2, -0.15) is 0 Å². The first-order valence-electron chi connectivity index (χ1n) is 12.9. The molecule has 1 aliphatic rings. The van der Waals surface area contributed by atoms with E-state index in [4.69, 9.17) is 19.6 Å². The molecule has 0 saturated carbocycles. The highest BCUT2D eigenvalue weighted by atomic mass is 19.4. The zero-order valence-corrected chi connectivity index (χ0v) is 22.1. The first-order chi connectivity index (χ1) is 19.7. The molecule has 3 N–H and O–H groups in total.